The third-order valence-corrected chi connectivity index (χ3v) is 2.68. The predicted octanol–water partition coefficient (Wildman–Crippen LogP) is 1.48. The Morgan fingerprint density at radius 1 is 1.50 bits per heavy atom. The van der Waals surface area contributed by atoms with Crippen molar-refractivity contribution in [3.63, 3.8) is 0 Å². The molecule has 0 saturated carbocycles. The summed E-state index contributed by atoms with van der Waals surface area (Å²) in [6.07, 6.45) is -4.67. The zero-order chi connectivity index (χ0) is 9.99. The zero-order valence-electron chi connectivity index (χ0n) is 5.93. The van der Waals surface area contributed by atoms with Crippen LogP contribution in [0.1, 0.15) is 6.92 Å². The standard InChI is InChI=1S/C4H6ClF3O3S/c1-3(5)12(9,10)11-2-4(6,7)8/h3H,2H2,1H3. The minimum Gasteiger partial charge on any atom is -0.259 e. The molecule has 8 heteroatoms. The van der Waals surface area contributed by atoms with Gasteiger partial charge in [-0.1, -0.05) is 0 Å². The molecule has 0 N–H and O–H groups in total. The van der Waals surface area contributed by atoms with Crippen molar-refractivity contribution in [3.8, 4) is 0 Å². The minimum atomic E-state index is -4.67. The molecule has 0 aromatic heterocycles. The van der Waals surface area contributed by atoms with Crippen LogP contribution in [0.2, 0.25) is 0 Å². The second-order valence-electron chi connectivity index (χ2n) is 1.91. The molecule has 0 aromatic rings. The van der Waals surface area contributed by atoms with Gasteiger partial charge in [0.2, 0.25) is 0 Å². The average molecular weight is 227 g/mol. The van der Waals surface area contributed by atoms with E-state index in [0.717, 1.165) is 6.92 Å². The number of hydrogen-bond donors (Lipinski definition) is 0. The van der Waals surface area contributed by atoms with Crippen LogP contribution in [-0.2, 0) is 14.3 Å². The summed E-state index contributed by atoms with van der Waals surface area (Å²) in [4.78, 5) is 0. The number of hydrogen-bond acceptors (Lipinski definition) is 3. The molecule has 12 heavy (non-hydrogen) atoms. The SMILES string of the molecule is CC(Cl)S(=O)(=O)OCC(F)(F)F. The second-order valence-corrected chi connectivity index (χ2v) is 4.76. The Labute approximate surface area is 72.6 Å². The van der Waals surface area contributed by atoms with Gasteiger partial charge in [0.25, 0.3) is 10.1 Å². The molecule has 0 bridgehead atoms. The molecule has 0 radical (unpaired) electrons. The summed E-state index contributed by atoms with van der Waals surface area (Å²) >= 11 is 5.02. The second kappa shape index (κ2) is 3.80. The predicted molar refractivity (Wildman–Crippen MR) is 36.2 cm³/mol. The van der Waals surface area contributed by atoms with E-state index < -0.39 is 27.6 Å². The van der Waals surface area contributed by atoms with Crippen LogP contribution in [-0.4, -0.2) is 25.9 Å². The van der Waals surface area contributed by atoms with E-state index in [9.17, 15) is 21.6 Å². The summed E-state index contributed by atoms with van der Waals surface area (Å²) in [5.74, 6) is 0. The molecule has 0 aliphatic carbocycles. The molecule has 74 valence electrons. The maximum absolute atomic E-state index is 11.4. The van der Waals surface area contributed by atoms with E-state index >= 15 is 0 Å². The molecule has 0 aliphatic rings. The van der Waals surface area contributed by atoms with Gasteiger partial charge in [-0.2, -0.15) is 21.6 Å². The van der Waals surface area contributed by atoms with E-state index in [2.05, 4.69) is 4.18 Å². The molecule has 0 fully saturated rings. The van der Waals surface area contributed by atoms with Crippen LogP contribution in [0.3, 0.4) is 0 Å². The maximum atomic E-state index is 11.4. The highest BCUT2D eigenvalue weighted by Gasteiger charge is 2.32. The molecule has 0 heterocycles. The molecular weight excluding hydrogens is 221 g/mol. The molecule has 0 aromatic carbocycles. The van der Waals surface area contributed by atoms with E-state index in [-0.39, 0.29) is 0 Å². The van der Waals surface area contributed by atoms with E-state index in [0.29, 0.717) is 0 Å². The summed E-state index contributed by atoms with van der Waals surface area (Å²) < 4.78 is 57.4. The van der Waals surface area contributed by atoms with Crippen molar-refractivity contribution in [1.29, 1.82) is 0 Å². The lowest BCUT2D eigenvalue weighted by Gasteiger charge is -2.08. The lowest BCUT2D eigenvalue weighted by Crippen LogP contribution is -2.24. The smallest absolute Gasteiger partial charge is 0.259 e. The van der Waals surface area contributed by atoms with Crippen LogP contribution < -0.4 is 0 Å². The van der Waals surface area contributed by atoms with E-state index in [1.54, 1.807) is 0 Å². The molecule has 3 nitrogen and oxygen atoms in total. The number of halogens is 4. The summed E-state index contributed by atoms with van der Waals surface area (Å²) in [5.41, 5.74) is 0. The molecule has 1 atom stereocenters. The Kier molecular flexibility index (Phi) is 3.80. The van der Waals surface area contributed by atoms with Crippen molar-refractivity contribution < 1.29 is 25.8 Å². The fraction of sp³-hybridized carbons (Fsp3) is 1.00. The molecular formula is C4H6ClF3O3S. The topological polar surface area (TPSA) is 43.4 Å². The molecule has 0 amide bonds. The maximum Gasteiger partial charge on any atom is 0.413 e. The van der Waals surface area contributed by atoms with Crippen LogP contribution in [0.4, 0.5) is 13.2 Å². The monoisotopic (exact) mass is 226 g/mol. The van der Waals surface area contributed by atoms with Gasteiger partial charge in [-0.15, -0.1) is 11.6 Å². The Bertz CT molecular complexity index is 232. The van der Waals surface area contributed by atoms with E-state index in [1.807, 2.05) is 0 Å². The van der Waals surface area contributed by atoms with Crippen LogP contribution in [0.5, 0.6) is 0 Å². The molecule has 0 spiro atoms. The molecule has 0 rings (SSSR count). The fourth-order valence-electron chi connectivity index (χ4n) is 0.243. The number of rotatable bonds is 3. The van der Waals surface area contributed by atoms with Crippen molar-refractivity contribution in [2.45, 2.75) is 17.8 Å². The summed E-state index contributed by atoms with van der Waals surface area (Å²) in [5, 5.41) is 0. The van der Waals surface area contributed by atoms with Crippen LogP contribution in [0, 0.1) is 0 Å². The Morgan fingerprint density at radius 3 is 2.17 bits per heavy atom. The van der Waals surface area contributed by atoms with Gasteiger partial charge < -0.3 is 0 Å². The van der Waals surface area contributed by atoms with Gasteiger partial charge in [-0.25, -0.2) is 0 Å². The van der Waals surface area contributed by atoms with Crippen molar-refractivity contribution in [2.24, 2.45) is 0 Å². The van der Waals surface area contributed by atoms with Gasteiger partial charge in [-0.3, -0.25) is 4.18 Å². The Hall–Kier alpha value is -0.0100. The van der Waals surface area contributed by atoms with Gasteiger partial charge in [0.15, 0.2) is 11.3 Å². The van der Waals surface area contributed by atoms with Gasteiger partial charge >= 0.3 is 6.18 Å². The van der Waals surface area contributed by atoms with Gasteiger partial charge in [0.1, 0.15) is 0 Å². The summed E-state index contributed by atoms with van der Waals surface area (Å²) in [6, 6.07) is 0. The Balaban J connectivity index is 4.12. The van der Waals surface area contributed by atoms with Crippen molar-refractivity contribution in [1.82, 2.24) is 0 Å². The first-order valence-electron chi connectivity index (χ1n) is 2.74. The van der Waals surface area contributed by atoms with E-state index in [1.165, 1.54) is 0 Å². The van der Waals surface area contributed by atoms with Crippen LogP contribution in [0.15, 0.2) is 0 Å². The molecule has 1 unspecified atom stereocenters. The Morgan fingerprint density at radius 2 is 1.92 bits per heavy atom. The van der Waals surface area contributed by atoms with Gasteiger partial charge in [0, 0.05) is 0 Å². The third kappa shape index (κ3) is 4.78. The molecule has 0 aliphatic heterocycles. The first-order chi connectivity index (χ1) is 5.15. The van der Waals surface area contributed by atoms with Crippen LogP contribution in [0.25, 0.3) is 0 Å². The average Bonchev–Trinajstić information content (AvgIpc) is 1.82. The number of alkyl halides is 4. The van der Waals surface area contributed by atoms with Crippen LogP contribution >= 0.6 is 11.6 Å². The fourth-order valence-corrected chi connectivity index (χ4v) is 0.882. The van der Waals surface area contributed by atoms with Crippen molar-refractivity contribution in [3.05, 3.63) is 0 Å². The van der Waals surface area contributed by atoms with Crippen molar-refractivity contribution in [2.75, 3.05) is 6.61 Å². The normalized spacial score (nSPS) is 16.1. The van der Waals surface area contributed by atoms with Gasteiger partial charge in [-0.05, 0) is 6.92 Å². The largest absolute Gasteiger partial charge is 0.413 e. The van der Waals surface area contributed by atoms with Crippen molar-refractivity contribution >= 4 is 21.7 Å². The lowest BCUT2D eigenvalue weighted by atomic mass is 10.7. The van der Waals surface area contributed by atoms with Gasteiger partial charge in [0.05, 0.1) is 0 Å². The minimum absolute atomic E-state index is 1.01. The summed E-state index contributed by atoms with van der Waals surface area (Å²) in [7, 11) is -4.29. The first kappa shape index (κ1) is 12.0. The quantitative estimate of drug-likeness (QED) is 0.541. The van der Waals surface area contributed by atoms with E-state index in [4.69, 9.17) is 11.6 Å². The zero-order valence-corrected chi connectivity index (χ0v) is 7.50. The molecule has 0 saturated heterocycles. The highest BCUT2D eigenvalue weighted by molar-refractivity contribution is 7.88. The highest BCUT2D eigenvalue weighted by atomic mass is 35.5. The highest BCUT2D eigenvalue weighted by Crippen LogP contribution is 2.18. The lowest BCUT2D eigenvalue weighted by molar-refractivity contribution is -0.152. The first-order valence-corrected chi connectivity index (χ1v) is 4.65. The third-order valence-electron chi connectivity index (χ3n) is 0.785. The summed E-state index contributed by atoms with van der Waals surface area (Å²) in [6.45, 7) is -0.834.